The van der Waals surface area contributed by atoms with E-state index in [0.717, 1.165) is 10.8 Å². The highest BCUT2D eigenvalue weighted by atomic mass is 32.1. The topological polar surface area (TPSA) is 152 Å². The number of aliphatic hydroxyl groups is 3. The Balaban J connectivity index is 1.64. The van der Waals surface area contributed by atoms with Gasteiger partial charge in [-0.1, -0.05) is 18.2 Å². The van der Waals surface area contributed by atoms with Crippen molar-refractivity contribution in [1.82, 2.24) is 9.55 Å². The number of halogens is 1. The van der Waals surface area contributed by atoms with Crippen LogP contribution in [0.1, 0.15) is 20.1 Å². The summed E-state index contributed by atoms with van der Waals surface area (Å²) in [5, 5.41) is 30.0. The third-order valence-electron chi connectivity index (χ3n) is 4.63. The minimum atomic E-state index is -4.72. The number of hydrogen-bond acceptors (Lipinski definition) is 10. The first-order valence-electron chi connectivity index (χ1n) is 9.82. The lowest BCUT2D eigenvalue weighted by Crippen LogP contribution is -2.43. The number of hydrogen-bond donors (Lipinski definition) is 4. The number of aromatic amines is 1. The van der Waals surface area contributed by atoms with E-state index in [1.165, 1.54) is 6.07 Å². The molecule has 1 saturated heterocycles. The molecule has 5 atom stereocenters. The minimum Gasteiger partial charge on any atom is -0.404 e. The Labute approximate surface area is 182 Å². The second-order valence-corrected chi connectivity index (χ2v) is 8.59. The number of rotatable bonds is 5. The predicted molar refractivity (Wildman–Crippen MR) is 103 cm³/mol. The molecule has 0 amide bonds. The average Bonchev–Trinajstić information content (AvgIpc) is 2.98. The normalized spacial score (nSPS) is 33.9. The van der Waals surface area contributed by atoms with Gasteiger partial charge < -0.3 is 24.6 Å². The number of nitrogens with zero attached hydrogens (tertiary/aromatic N) is 1. The van der Waals surface area contributed by atoms with Crippen molar-refractivity contribution in [3.63, 3.8) is 0 Å². The smallest absolute Gasteiger partial charge is 0.404 e. The first-order valence-corrected chi connectivity index (χ1v) is 10.7. The maximum absolute atomic E-state index is 15.8. The lowest BCUT2D eigenvalue weighted by molar-refractivity contribution is -0.205. The number of phosphoric ester groups is 1. The van der Waals surface area contributed by atoms with Gasteiger partial charge in [-0.25, -0.2) is 8.96 Å². The van der Waals surface area contributed by atoms with Crippen LogP contribution in [0.4, 0.5) is 4.39 Å². The Morgan fingerprint density at radius 3 is 2.94 bits per heavy atom. The van der Waals surface area contributed by atoms with Crippen molar-refractivity contribution in [1.29, 1.82) is 0 Å². The lowest BCUT2D eigenvalue weighted by atomic mass is 10.1. The van der Waals surface area contributed by atoms with Gasteiger partial charge in [-0.15, -0.1) is 0 Å². The van der Waals surface area contributed by atoms with Gasteiger partial charge in [0.25, 0.3) is 11.4 Å². The molecule has 2 aliphatic rings. The fourth-order valence-corrected chi connectivity index (χ4v) is 4.34. The third-order valence-corrected chi connectivity index (χ3v) is 6.13. The molecule has 0 aliphatic carbocycles. The van der Waals surface area contributed by atoms with E-state index >= 15 is 4.39 Å². The van der Waals surface area contributed by atoms with E-state index in [0.29, 0.717) is 5.56 Å². The quantitative estimate of drug-likeness (QED) is 0.362. The minimum absolute atomic E-state index is 0.0673. The van der Waals surface area contributed by atoms with E-state index in [1.54, 1.807) is 18.2 Å². The molecule has 3 heterocycles. The average molecular weight is 478 g/mol. The first-order chi connectivity index (χ1) is 15.4. The van der Waals surface area contributed by atoms with Crippen LogP contribution in [-0.2, 0) is 31.6 Å². The monoisotopic (exact) mass is 478 g/mol. The number of alkyl halides is 1. The third kappa shape index (κ3) is 4.11. The first kappa shape index (κ1) is 19.7. The summed E-state index contributed by atoms with van der Waals surface area (Å²) >= 11 is 4.95. The van der Waals surface area contributed by atoms with Crippen LogP contribution in [0.25, 0.3) is 0 Å². The molecule has 0 bridgehead atoms. The van der Waals surface area contributed by atoms with E-state index < -0.39 is 50.8 Å². The number of H-pyrrole nitrogens is 1. The highest BCUT2D eigenvalue weighted by molar-refractivity contribution is 7.71. The van der Waals surface area contributed by atoms with E-state index in [2.05, 4.69) is 4.98 Å². The Hall–Kier alpha value is -1.96. The number of ether oxygens (including phenoxy) is 1. The maximum atomic E-state index is 15.8. The maximum Gasteiger partial charge on any atom is 0.530 e. The molecular formula is C17H18FN2O9PS. The Morgan fingerprint density at radius 1 is 1.45 bits per heavy atom. The van der Waals surface area contributed by atoms with Gasteiger partial charge in [0.05, 0.1) is 21.5 Å². The van der Waals surface area contributed by atoms with E-state index in [-0.39, 0.29) is 22.7 Å². The lowest BCUT2D eigenvalue weighted by Gasteiger charge is -2.28. The molecule has 2 aromatic rings. The molecule has 31 heavy (non-hydrogen) atoms. The van der Waals surface area contributed by atoms with Crippen LogP contribution in [0, 0.1) is 4.77 Å². The SMILES string of the molecule is [2H]C([2H])(OP1(=O)OCc2ccccc2O1)[C@@]1(F)O[C@@H](n2cc(CO)c(=O)[nH]c2=S)[C@H](O)[C@@H]1O. The second kappa shape index (κ2) is 8.19. The molecule has 168 valence electrons. The van der Waals surface area contributed by atoms with Gasteiger partial charge in [0.15, 0.2) is 11.0 Å². The van der Waals surface area contributed by atoms with Crippen LogP contribution >= 0.6 is 20.0 Å². The van der Waals surface area contributed by atoms with Gasteiger partial charge in [-0.3, -0.25) is 23.4 Å². The van der Waals surface area contributed by atoms with Gasteiger partial charge in [0, 0.05) is 11.8 Å². The van der Waals surface area contributed by atoms with Gasteiger partial charge in [-0.05, 0) is 18.3 Å². The molecule has 4 rings (SSSR count). The molecule has 1 unspecified atom stereocenters. The Bertz CT molecular complexity index is 1240. The zero-order valence-corrected chi connectivity index (χ0v) is 17.2. The molecule has 1 fully saturated rings. The molecular weight excluding hydrogens is 458 g/mol. The van der Waals surface area contributed by atoms with Gasteiger partial charge in [0.2, 0.25) is 0 Å². The highest BCUT2D eigenvalue weighted by Gasteiger charge is 2.57. The Morgan fingerprint density at radius 2 is 2.19 bits per heavy atom. The molecule has 4 N–H and O–H groups in total. The zero-order chi connectivity index (χ0) is 24.2. The molecule has 2 aliphatic heterocycles. The number of para-hydroxylation sites is 1. The molecule has 0 saturated carbocycles. The number of nitrogens with one attached hydrogen (secondary N) is 1. The second-order valence-electron chi connectivity index (χ2n) is 6.68. The van der Waals surface area contributed by atoms with Crippen LogP contribution in [0.2, 0.25) is 0 Å². The fraction of sp³-hybridized carbons (Fsp3) is 0.412. The number of benzene rings is 1. The molecule has 1 aromatic carbocycles. The summed E-state index contributed by atoms with van der Waals surface area (Å²) < 4.78 is 64.9. The van der Waals surface area contributed by atoms with Crippen molar-refractivity contribution in [2.24, 2.45) is 0 Å². The summed E-state index contributed by atoms with van der Waals surface area (Å²) in [6.45, 7) is -4.69. The van der Waals surface area contributed by atoms with Crippen LogP contribution in [0.5, 0.6) is 5.75 Å². The number of aliphatic hydroxyl groups excluding tert-OH is 3. The highest BCUT2D eigenvalue weighted by Crippen LogP contribution is 2.55. The Kier molecular flexibility index (Phi) is 5.20. The largest absolute Gasteiger partial charge is 0.530 e. The summed E-state index contributed by atoms with van der Waals surface area (Å²) in [5.74, 6) is -3.72. The fourth-order valence-electron chi connectivity index (χ4n) is 3.00. The van der Waals surface area contributed by atoms with Crippen molar-refractivity contribution in [2.75, 3.05) is 6.56 Å². The van der Waals surface area contributed by atoms with Crippen molar-refractivity contribution in [3.8, 4) is 5.75 Å². The van der Waals surface area contributed by atoms with Crippen LogP contribution in [0.3, 0.4) is 0 Å². The molecule has 14 heteroatoms. The number of phosphoric acid groups is 1. The van der Waals surface area contributed by atoms with Crippen molar-refractivity contribution in [2.45, 2.75) is 37.5 Å². The van der Waals surface area contributed by atoms with E-state index in [4.69, 9.17) is 33.3 Å². The molecule has 11 nitrogen and oxygen atoms in total. The summed E-state index contributed by atoms with van der Waals surface area (Å²) in [6.07, 6.45) is -5.58. The zero-order valence-electron chi connectivity index (χ0n) is 17.5. The summed E-state index contributed by atoms with van der Waals surface area (Å²) in [7, 11) is -4.72. The summed E-state index contributed by atoms with van der Waals surface area (Å²) in [6, 6.07) is 6.24. The molecule has 1 aromatic heterocycles. The number of aromatic nitrogens is 2. The summed E-state index contributed by atoms with van der Waals surface area (Å²) in [4.78, 5) is 13.9. The van der Waals surface area contributed by atoms with Crippen molar-refractivity contribution in [3.05, 3.63) is 56.7 Å². The van der Waals surface area contributed by atoms with Crippen LogP contribution < -0.4 is 10.1 Å². The van der Waals surface area contributed by atoms with Gasteiger partial charge in [-0.2, -0.15) is 0 Å². The number of fused-ring (bicyclic) bond motifs is 1. The van der Waals surface area contributed by atoms with Crippen LogP contribution in [0.15, 0.2) is 35.3 Å². The predicted octanol–water partition coefficient (Wildman–Crippen LogP) is 1.05. The standard InChI is InChI=1S/C17H18FN2O9PS/c18-17(8-27-30(25)26-7-9-3-1-2-4-11(9)29-30)13(23)12(22)15(28-17)20-5-10(6-21)14(24)19-16(20)31/h1-5,12-13,15,21-23H,6-8H2,(H,19,24,31)/t12-,13+,15-,17-,30?/m1/s1/i8D2. The van der Waals surface area contributed by atoms with Crippen molar-refractivity contribution < 1.29 is 45.3 Å². The van der Waals surface area contributed by atoms with Gasteiger partial charge >= 0.3 is 7.82 Å². The van der Waals surface area contributed by atoms with E-state index in [1.807, 2.05) is 0 Å². The van der Waals surface area contributed by atoms with Crippen LogP contribution in [-0.4, -0.2) is 49.5 Å². The summed E-state index contributed by atoms with van der Waals surface area (Å²) in [5.41, 5.74) is -0.485. The van der Waals surface area contributed by atoms with Gasteiger partial charge in [0.1, 0.15) is 24.5 Å². The molecule has 0 spiro atoms. The molecule has 0 radical (unpaired) electrons. The van der Waals surface area contributed by atoms with E-state index in [9.17, 15) is 24.7 Å². The van der Waals surface area contributed by atoms with Crippen molar-refractivity contribution >= 4 is 20.0 Å².